The predicted molar refractivity (Wildman–Crippen MR) is 139 cm³/mol. The average Bonchev–Trinajstić information content (AvgIpc) is 3.29. The van der Waals surface area contributed by atoms with Gasteiger partial charge in [-0.1, -0.05) is 6.07 Å². The molecule has 180 valence electrons. The van der Waals surface area contributed by atoms with Crippen molar-refractivity contribution >= 4 is 46.4 Å². The van der Waals surface area contributed by atoms with Gasteiger partial charge in [0.15, 0.2) is 11.5 Å². The van der Waals surface area contributed by atoms with Crippen molar-refractivity contribution in [2.75, 3.05) is 32.4 Å². The molecule has 8 nitrogen and oxygen atoms in total. The molecule has 9 heteroatoms. The number of anilines is 1. The number of hydrogen-bond donors (Lipinski definition) is 2. The van der Waals surface area contributed by atoms with Crippen LogP contribution in [0.3, 0.4) is 0 Å². The van der Waals surface area contributed by atoms with E-state index >= 15 is 0 Å². The molecule has 1 amide bonds. The summed E-state index contributed by atoms with van der Waals surface area (Å²) in [6, 6.07) is 15.3. The Morgan fingerprint density at radius 3 is 2.51 bits per heavy atom. The van der Waals surface area contributed by atoms with Crippen LogP contribution in [0.2, 0.25) is 0 Å². The number of hydrogen-bond acceptors (Lipinski definition) is 7. The largest absolute Gasteiger partial charge is 0.493 e. The number of nitrogens with zero attached hydrogens (tertiary/aromatic N) is 2. The van der Waals surface area contributed by atoms with Gasteiger partial charge in [0.2, 0.25) is 11.7 Å². The molecule has 0 radical (unpaired) electrons. The number of ether oxygens (including phenoxy) is 3. The maximum absolute atomic E-state index is 12.5. The topological polar surface area (TPSA) is 98.4 Å². The number of carbonyl (C=O) groups is 1. The van der Waals surface area contributed by atoms with Gasteiger partial charge >= 0.3 is 0 Å². The van der Waals surface area contributed by atoms with Gasteiger partial charge in [-0.15, -0.1) is 11.8 Å². The Labute approximate surface area is 207 Å². The van der Waals surface area contributed by atoms with Crippen molar-refractivity contribution in [3.8, 4) is 17.2 Å². The molecule has 0 saturated heterocycles. The minimum absolute atomic E-state index is 0.101. The molecule has 0 unspecified atom stereocenters. The Kier molecular flexibility index (Phi) is 7.89. The van der Waals surface area contributed by atoms with Crippen molar-refractivity contribution in [1.82, 2.24) is 15.2 Å². The smallest absolute Gasteiger partial charge is 0.225 e. The van der Waals surface area contributed by atoms with Crippen LogP contribution in [0, 0.1) is 0 Å². The Morgan fingerprint density at radius 1 is 1.03 bits per heavy atom. The van der Waals surface area contributed by atoms with E-state index < -0.39 is 0 Å². The van der Waals surface area contributed by atoms with E-state index in [1.165, 1.54) is 21.3 Å². The Morgan fingerprint density at radius 2 is 1.83 bits per heavy atom. The van der Waals surface area contributed by atoms with Crippen LogP contribution in [0.5, 0.6) is 17.2 Å². The van der Waals surface area contributed by atoms with E-state index in [2.05, 4.69) is 20.5 Å². The first kappa shape index (κ1) is 24.2. The maximum Gasteiger partial charge on any atom is 0.225 e. The van der Waals surface area contributed by atoms with Crippen LogP contribution in [0.1, 0.15) is 17.8 Å². The first-order valence-corrected chi connectivity index (χ1v) is 11.9. The minimum Gasteiger partial charge on any atom is -0.493 e. The zero-order valence-electron chi connectivity index (χ0n) is 19.7. The number of amides is 1. The zero-order chi connectivity index (χ0) is 24.6. The fraction of sp³-hybridized carbons (Fsp3) is 0.192. The highest BCUT2D eigenvalue weighted by Gasteiger charge is 2.14. The molecule has 2 aromatic carbocycles. The molecule has 0 spiro atoms. The lowest BCUT2D eigenvalue weighted by molar-refractivity contribution is -0.115. The summed E-state index contributed by atoms with van der Waals surface area (Å²) in [7, 11) is 4.61. The Balaban J connectivity index is 1.34. The number of nitrogens with one attached hydrogen (secondary N) is 2. The second kappa shape index (κ2) is 11.4. The van der Waals surface area contributed by atoms with Gasteiger partial charge in [-0.25, -0.2) is 0 Å². The number of thioether (sulfide) groups is 1. The number of aromatic amines is 1. The lowest BCUT2D eigenvalue weighted by Gasteiger charge is -2.14. The molecule has 35 heavy (non-hydrogen) atoms. The summed E-state index contributed by atoms with van der Waals surface area (Å²) in [6.07, 6.45) is 5.99. The molecule has 4 aromatic rings. The summed E-state index contributed by atoms with van der Waals surface area (Å²) < 4.78 is 16.0. The van der Waals surface area contributed by atoms with Gasteiger partial charge in [-0.2, -0.15) is 5.10 Å². The standard InChI is InChI=1S/C26H26N4O4S/c1-32-23-14-18(15-24(33-2)26(23)34-3)28-25(31)11-13-35-19-8-9-20-21(29-30-22(20)16-19)10-7-17-6-4-5-12-27-17/h4-10,12,14-16H,11,13H2,1-3H3,(H,28,31)(H,29,30)/b10-7+. The van der Waals surface area contributed by atoms with Crippen molar-refractivity contribution in [1.29, 1.82) is 0 Å². The van der Waals surface area contributed by atoms with Crippen LogP contribution in [-0.2, 0) is 4.79 Å². The quantitative estimate of drug-likeness (QED) is 0.292. The van der Waals surface area contributed by atoms with Gasteiger partial charge in [0.05, 0.1) is 38.2 Å². The van der Waals surface area contributed by atoms with E-state index in [1.54, 1.807) is 30.1 Å². The molecule has 0 aliphatic heterocycles. The lowest BCUT2D eigenvalue weighted by Crippen LogP contribution is -2.12. The van der Waals surface area contributed by atoms with E-state index in [0.717, 1.165) is 27.2 Å². The van der Waals surface area contributed by atoms with E-state index in [9.17, 15) is 4.79 Å². The van der Waals surface area contributed by atoms with Crippen molar-refractivity contribution in [2.45, 2.75) is 11.3 Å². The second-order valence-corrected chi connectivity index (χ2v) is 8.63. The van der Waals surface area contributed by atoms with Crippen LogP contribution >= 0.6 is 11.8 Å². The minimum atomic E-state index is -0.101. The molecular formula is C26H26N4O4S. The van der Waals surface area contributed by atoms with E-state index in [0.29, 0.717) is 35.1 Å². The van der Waals surface area contributed by atoms with Gasteiger partial charge in [0.25, 0.3) is 0 Å². The van der Waals surface area contributed by atoms with E-state index in [-0.39, 0.29) is 5.91 Å². The maximum atomic E-state index is 12.5. The van der Waals surface area contributed by atoms with Crippen molar-refractivity contribution in [3.05, 3.63) is 66.1 Å². The van der Waals surface area contributed by atoms with Gasteiger partial charge in [-0.05, 0) is 42.5 Å². The molecule has 0 aliphatic carbocycles. The first-order valence-electron chi connectivity index (χ1n) is 10.9. The van der Waals surface area contributed by atoms with Crippen LogP contribution in [0.15, 0.2) is 59.6 Å². The van der Waals surface area contributed by atoms with Crippen LogP contribution in [-0.4, -0.2) is 48.2 Å². The van der Waals surface area contributed by atoms with Crippen LogP contribution in [0.25, 0.3) is 23.1 Å². The summed E-state index contributed by atoms with van der Waals surface area (Å²) in [5.74, 6) is 1.98. The Hall–Kier alpha value is -3.98. The number of methoxy groups -OCH3 is 3. The van der Waals surface area contributed by atoms with Gasteiger partial charge in [-0.3, -0.25) is 14.9 Å². The number of carbonyl (C=O) groups excluding carboxylic acids is 1. The van der Waals surface area contributed by atoms with Crippen LogP contribution in [0.4, 0.5) is 5.69 Å². The fourth-order valence-electron chi connectivity index (χ4n) is 3.51. The third-order valence-corrected chi connectivity index (χ3v) is 6.21. The SMILES string of the molecule is COc1cc(NC(=O)CCSc2ccc3c(/C=C/c4ccccn4)n[nH]c3c2)cc(OC)c1OC. The summed E-state index contributed by atoms with van der Waals surface area (Å²) in [6.45, 7) is 0. The summed E-state index contributed by atoms with van der Waals surface area (Å²) in [4.78, 5) is 17.8. The van der Waals surface area contributed by atoms with E-state index in [4.69, 9.17) is 14.2 Å². The molecule has 0 aliphatic rings. The van der Waals surface area contributed by atoms with Crippen molar-refractivity contribution < 1.29 is 19.0 Å². The molecule has 0 fully saturated rings. The second-order valence-electron chi connectivity index (χ2n) is 7.46. The molecule has 4 rings (SSSR count). The predicted octanol–water partition coefficient (Wildman–Crippen LogP) is 5.28. The molecule has 0 bridgehead atoms. The monoisotopic (exact) mass is 490 g/mol. The number of aromatic nitrogens is 3. The third kappa shape index (κ3) is 5.93. The summed E-state index contributed by atoms with van der Waals surface area (Å²) in [5.41, 5.74) is 3.25. The number of benzene rings is 2. The van der Waals surface area contributed by atoms with Gasteiger partial charge < -0.3 is 19.5 Å². The highest BCUT2D eigenvalue weighted by atomic mass is 32.2. The molecule has 2 aromatic heterocycles. The number of H-pyrrole nitrogens is 1. The highest BCUT2D eigenvalue weighted by molar-refractivity contribution is 7.99. The molecule has 2 heterocycles. The van der Waals surface area contributed by atoms with Gasteiger partial charge in [0.1, 0.15) is 0 Å². The number of fused-ring (bicyclic) bond motifs is 1. The molecular weight excluding hydrogens is 464 g/mol. The van der Waals surface area contributed by atoms with Gasteiger partial charge in [0, 0.05) is 46.5 Å². The summed E-state index contributed by atoms with van der Waals surface area (Å²) >= 11 is 1.61. The van der Waals surface area contributed by atoms with Crippen LogP contribution < -0.4 is 19.5 Å². The normalized spacial score (nSPS) is 11.1. The third-order valence-electron chi connectivity index (χ3n) is 5.21. The Bertz CT molecular complexity index is 1310. The number of pyridine rings is 1. The molecule has 2 N–H and O–H groups in total. The zero-order valence-corrected chi connectivity index (χ0v) is 20.5. The molecule has 0 saturated carbocycles. The van der Waals surface area contributed by atoms with Crippen molar-refractivity contribution in [3.63, 3.8) is 0 Å². The average molecular weight is 491 g/mol. The van der Waals surface area contributed by atoms with E-state index in [1.807, 2.05) is 48.6 Å². The number of rotatable bonds is 10. The highest BCUT2D eigenvalue weighted by Crippen LogP contribution is 2.40. The lowest BCUT2D eigenvalue weighted by atomic mass is 10.2. The molecule has 0 atom stereocenters. The fourth-order valence-corrected chi connectivity index (χ4v) is 4.40. The van der Waals surface area contributed by atoms with Crippen molar-refractivity contribution in [2.24, 2.45) is 0 Å². The first-order chi connectivity index (χ1) is 17.1. The summed E-state index contributed by atoms with van der Waals surface area (Å²) in [5, 5.41) is 11.4.